The number of piperidine rings is 1. The number of rotatable bonds is 7. The van der Waals surface area contributed by atoms with Crippen LogP contribution in [0.2, 0.25) is 0 Å². The Morgan fingerprint density at radius 3 is 2.29 bits per heavy atom. The highest BCUT2D eigenvalue weighted by molar-refractivity contribution is 5.90. The van der Waals surface area contributed by atoms with E-state index >= 15 is 0 Å². The summed E-state index contributed by atoms with van der Waals surface area (Å²) >= 11 is 0. The molecule has 1 aliphatic heterocycles. The van der Waals surface area contributed by atoms with E-state index in [1.807, 2.05) is 0 Å². The second-order valence-electron chi connectivity index (χ2n) is 7.06. The molecule has 31 heavy (non-hydrogen) atoms. The molecule has 1 saturated heterocycles. The quantitative estimate of drug-likeness (QED) is 0.678. The summed E-state index contributed by atoms with van der Waals surface area (Å²) in [6.45, 7) is 2.84. The number of nitrogens with one attached hydrogen (secondary N) is 2. The second kappa shape index (κ2) is 10.0. The van der Waals surface area contributed by atoms with Gasteiger partial charge in [0, 0.05) is 31.1 Å². The summed E-state index contributed by atoms with van der Waals surface area (Å²) in [7, 11) is 4.54. The van der Waals surface area contributed by atoms with Gasteiger partial charge >= 0.3 is 6.03 Å². The van der Waals surface area contributed by atoms with Crippen LogP contribution in [0.25, 0.3) is 0 Å². The van der Waals surface area contributed by atoms with Gasteiger partial charge in [0.15, 0.2) is 17.3 Å². The summed E-state index contributed by atoms with van der Waals surface area (Å²) in [6.07, 6.45) is 1.13. The fourth-order valence-corrected chi connectivity index (χ4v) is 3.42. The predicted molar refractivity (Wildman–Crippen MR) is 110 cm³/mol. The molecule has 0 atom stereocenters. The number of likely N-dealkylation sites (tertiary alicyclic amines) is 1. The van der Waals surface area contributed by atoms with Crippen molar-refractivity contribution >= 4 is 17.6 Å². The number of amides is 3. The fraction of sp³-hybridized carbons (Fsp3) is 0.500. The van der Waals surface area contributed by atoms with Crippen LogP contribution in [0.3, 0.4) is 0 Å². The zero-order chi connectivity index (χ0) is 22.4. The molecule has 1 fully saturated rings. The third-order valence-corrected chi connectivity index (χ3v) is 5.05. The number of nitrogens with zero attached hydrogens (tertiary/aromatic N) is 3. The summed E-state index contributed by atoms with van der Waals surface area (Å²) in [5.74, 6) is 1.98. The van der Waals surface area contributed by atoms with Crippen molar-refractivity contribution in [2.45, 2.75) is 26.3 Å². The van der Waals surface area contributed by atoms with Crippen molar-refractivity contribution in [2.75, 3.05) is 39.7 Å². The van der Waals surface area contributed by atoms with E-state index in [-0.39, 0.29) is 24.4 Å². The van der Waals surface area contributed by atoms with Crippen LogP contribution < -0.4 is 24.8 Å². The molecule has 11 heteroatoms. The number of methoxy groups -OCH3 is 3. The fourth-order valence-electron chi connectivity index (χ4n) is 3.42. The molecule has 0 bridgehead atoms. The van der Waals surface area contributed by atoms with Gasteiger partial charge in [0.25, 0.3) is 0 Å². The van der Waals surface area contributed by atoms with Crippen LogP contribution in [0.5, 0.6) is 17.2 Å². The van der Waals surface area contributed by atoms with Gasteiger partial charge < -0.3 is 34.3 Å². The number of urea groups is 1. The smallest absolute Gasteiger partial charge is 0.321 e. The number of aryl methyl sites for hydroxylation is 1. The Kier molecular flexibility index (Phi) is 7.16. The normalized spacial score (nSPS) is 14.1. The molecule has 3 amide bonds. The van der Waals surface area contributed by atoms with Gasteiger partial charge in [0.1, 0.15) is 0 Å². The van der Waals surface area contributed by atoms with E-state index in [1.54, 1.807) is 24.0 Å². The highest BCUT2D eigenvalue weighted by atomic mass is 16.5. The lowest BCUT2D eigenvalue weighted by Crippen LogP contribution is -2.44. The molecule has 0 aliphatic carbocycles. The summed E-state index contributed by atoms with van der Waals surface area (Å²) in [5, 5.41) is 9.35. The average Bonchev–Trinajstić information content (AvgIpc) is 3.21. The summed E-state index contributed by atoms with van der Waals surface area (Å²) in [6, 6.07) is 3.08. The molecule has 2 aromatic rings. The summed E-state index contributed by atoms with van der Waals surface area (Å²) in [4.78, 5) is 30.8. The monoisotopic (exact) mass is 433 g/mol. The molecule has 2 heterocycles. The first-order valence-electron chi connectivity index (χ1n) is 9.88. The number of carbonyl (C=O) groups is 2. The second-order valence-corrected chi connectivity index (χ2v) is 7.06. The van der Waals surface area contributed by atoms with Gasteiger partial charge in [-0.05, 0) is 19.8 Å². The van der Waals surface area contributed by atoms with E-state index in [4.69, 9.17) is 18.7 Å². The van der Waals surface area contributed by atoms with E-state index in [0.717, 1.165) is 0 Å². The number of benzene rings is 1. The molecule has 1 aliphatic rings. The number of anilines is 1. The van der Waals surface area contributed by atoms with Crippen molar-refractivity contribution in [1.82, 2.24) is 20.4 Å². The maximum Gasteiger partial charge on any atom is 0.321 e. The molecule has 0 radical (unpaired) electrons. The van der Waals surface area contributed by atoms with E-state index in [1.165, 1.54) is 21.3 Å². The lowest BCUT2D eigenvalue weighted by molar-refractivity contribution is -0.126. The van der Waals surface area contributed by atoms with Gasteiger partial charge in [-0.25, -0.2) is 4.79 Å². The molecule has 0 saturated carbocycles. The van der Waals surface area contributed by atoms with Crippen LogP contribution in [0.15, 0.2) is 16.7 Å². The van der Waals surface area contributed by atoms with Gasteiger partial charge in [0.05, 0.1) is 33.6 Å². The lowest BCUT2D eigenvalue weighted by Gasteiger charge is -2.31. The summed E-state index contributed by atoms with van der Waals surface area (Å²) in [5.41, 5.74) is 0.522. The van der Waals surface area contributed by atoms with Crippen molar-refractivity contribution in [3.05, 3.63) is 23.8 Å². The van der Waals surface area contributed by atoms with Crippen LogP contribution in [-0.2, 0) is 11.3 Å². The van der Waals surface area contributed by atoms with Crippen molar-refractivity contribution < 1.29 is 28.3 Å². The number of ether oxygens (including phenoxy) is 3. The van der Waals surface area contributed by atoms with Crippen molar-refractivity contribution in [3.63, 3.8) is 0 Å². The molecule has 3 rings (SSSR count). The maximum absolute atomic E-state index is 12.7. The zero-order valence-electron chi connectivity index (χ0n) is 18.1. The highest BCUT2D eigenvalue weighted by Crippen LogP contribution is 2.40. The molecule has 1 aromatic carbocycles. The van der Waals surface area contributed by atoms with E-state index < -0.39 is 0 Å². The third kappa shape index (κ3) is 5.36. The summed E-state index contributed by atoms with van der Waals surface area (Å²) < 4.78 is 20.9. The van der Waals surface area contributed by atoms with Crippen LogP contribution in [0, 0.1) is 12.8 Å². The Balaban J connectivity index is 1.52. The van der Waals surface area contributed by atoms with Gasteiger partial charge in [-0.1, -0.05) is 5.16 Å². The number of carbonyl (C=O) groups excluding carboxylic acids is 2. The largest absolute Gasteiger partial charge is 0.493 e. The first kappa shape index (κ1) is 22.2. The molecule has 0 unspecified atom stereocenters. The van der Waals surface area contributed by atoms with Crippen LogP contribution >= 0.6 is 0 Å². The SMILES string of the molecule is COc1cc(NC(=O)N2CCC(C(=O)NCc3nc(C)no3)CC2)cc(OC)c1OC. The molecule has 2 N–H and O–H groups in total. The number of aromatic nitrogens is 2. The maximum atomic E-state index is 12.7. The van der Waals surface area contributed by atoms with Crippen molar-refractivity contribution in [1.29, 1.82) is 0 Å². The first-order valence-corrected chi connectivity index (χ1v) is 9.88. The molecule has 168 valence electrons. The van der Waals surface area contributed by atoms with E-state index in [0.29, 0.717) is 60.6 Å². The Bertz CT molecular complexity index is 898. The molecule has 0 spiro atoms. The van der Waals surface area contributed by atoms with Crippen molar-refractivity contribution in [2.24, 2.45) is 5.92 Å². The number of hydrogen-bond donors (Lipinski definition) is 2. The Labute approximate surface area is 180 Å². The topological polar surface area (TPSA) is 128 Å². The predicted octanol–water partition coefficient (Wildman–Crippen LogP) is 1.96. The Morgan fingerprint density at radius 2 is 1.77 bits per heavy atom. The molecular weight excluding hydrogens is 406 g/mol. The van der Waals surface area contributed by atoms with Gasteiger partial charge in [-0.2, -0.15) is 4.98 Å². The minimum Gasteiger partial charge on any atom is -0.493 e. The standard InChI is InChI=1S/C20H27N5O6/c1-12-22-17(31-24-12)11-21-19(26)13-5-7-25(8-6-13)20(27)23-14-9-15(28-2)18(30-4)16(10-14)29-3/h9-10,13H,5-8,11H2,1-4H3,(H,21,26)(H,23,27). The molecule has 11 nitrogen and oxygen atoms in total. The molecular formula is C20H27N5O6. The zero-order valence-corrected chi connectivity index (χ0v) is 18.1. The van der Waals surface area contributed by atoms with Gasteiger partial charge in [-0.15, -0.1) is 0 Å². The Hall–Kier alpha value is -3.50. The van der Waals surface area contributed by atoms with Crippen molar-refractivity contribution in [3.8, 4) is 17.2 Å². The van der Waals surface area contributed by atoms with E-state index in [2.05, 4.69) is 20.8 Å². The minimum atomic E-state index is -0.255. The minimum absolute atomic E-state index is 0.0828. The van der Waals surface area contributed by atoms with Gasteiger partial charge in [-0.3, -0.25) is 4.79 Å². The van der Waals surface area contributed by atoms with Crippen LogP contribution in [0.1, 0.15) is 24.6 Å². The van der Waals surface area contributed by atoms with E-state index in [9.17, 15) is 9.59 Å². The third-order valence-electron chi connectivity index (χ3n) is 5.05. The molecule has 1 aromatic heterocycles. The number of hydrogen-bond acceptors (Lipinski definition) is 8. The first-order chi connectivity index (χ1) is 14.9. The van der Waals surface area contributed by atoms with Crippen LogP contribution in [-0.4, -0.2) is 61.4 Å². The highest BCUT2D eigenvalue weighted by Gasteiger charge is 2.28. The van der Waals surface area contributed by atoms with Crippen LogP contribution in [0.4, 0.5) is 10.5 Å². The lowest BCUT2D eigenvalue weighted by atomic mass is 9.96. The average molecular weight is 433 g/mol. The Morgan fingerprint density at radius 1 is 1.13 bits per heavy atom. The van der Waals surface area contributed by atoms with Gasteiger partial charge in [0.2, 0.25) is 17.5 Å².